The molecule has 2 aromatic rings. The fourth-order valence-electron chi connectivity index (χ4n) is 1.66. The molecule has 3 N–H and O–H groups in total. The first-order valence-corrected chi connectivity index (χ1v) is 7.47. The summed E-state index contributed by atoms with van der Waals surface area (Å²) in [5, 5.41) is 0. The van der Waals surface area contributed by atoms with E-state index >= 15 is 0 Å². The van der Waals surface area contributed by atoms with Crippen LogP contribution < -0.4 is 16.0 Å². The van der Waals surface area contributed by atoms with Crippen molar-refractivity contribution < 1.29 is 13.9 Å². The quantitative estimate of drug-likeness (QED) is 0.454. The Labute approximate surface area is 137 Å². The molecular formula is C14H11Br2FN2O2. The predicted molar refractivity (Wildman–Crippen MR) is 84.2 cm³/mol. The molecule has 21 heavy (non-hydrogen) atoms. The molecular weight excluding hydrogens is 407 g/mol. The van der Waals surface area contributed by atoms with Crippen LogP contribution in [0.2, 0.25) is 0 Å². The number of nitrogens with one attached hydrogen (secondary N) is 1. The Bertz CT molecular complexity index is 680. The molecule has 0 unspecified atom stereocenters. The van der Waals surface area contributed by atoms with E-state index in [-0.39, 0.29) is 17.7 Å². The van der Waals surface area contributed by atoms with E-state index in [4.69, 9.17) is 10.6 Å². The van der Waals surface area contributed by atoms with Gasteiger partial charge < -0.3 is 4.74 Å². The van der Waals surface area contributed by atoms with Crippen molar-refractivity contribution in [3.05, 3.63) is 62.3 Å². The second kappa shape index (κ2) is 7.02. The third-order valence-corrected chi connectivity index (χ3v) is 3.83. The van der Waals surface area contributed by atoms with Crippen molar-refractivity contribution in [1.29, 1.82) is 0 Å². The fourth-order valence-corrected chi connectivity index (χ4v) is 2.82. The molecule has 0 saturated heterocycles. The van der Waals surface area contributed by atoms with E-state index in [1.165, 1.54) is 18.2 Å². The molecule has 1 amide bonds. The number of rotatable bonds is 4. The van der Waals surface area contributed by atoms with Crippen LogP contribution in [0.1, 0.15) is 15.9 Å². The van der Waals surface area contributed by atoms with Gasteiger partial charge in [-0.25, -0.2) is 10.2 Å². The average molecular weight is 418 g/mol. The molecule has 0 spiro atoms. The lowest BCUT2D eigenvalue weighted by Gasteiger charge is -2.10. The van der Waals surface area contributed by atoms with Gasteiger partial charge >= 0.3 is 0 Å². The minimum Gasteiger partial charge on any atom is -0.488 e. The second-order valence-corrected chi connectivity index (χ2v) is 5.91. The Kier molecular flexibility index (Phi) is 5.33. The van der Waals surface area contributed by atoms with Crippen LogP contribution in [0.4, 0.5) is 4.39 Å². The molecule has 110 valence electrons. The Morgan fingerprint density at radius 3 is 2.67 bits per heavy atom. The van der Waals surface area contributed by atoms with Crippen molar-refractivity contribution in [2.75, 3.05) is 0 Å². The van der Waals surface area contributed by atoms with Gasteiger partial charge in [0, 0.05) is 15.6 Å². The first-order valence-electron chi connectivity index (χ1n) is 5.88. The Morgan fingerprint density at radius 1 is 1.24 bits per heavy atom. The average Bonchev–Trinajstić information content (AvgIpc) is 2.47. The lowest BCUT2D eigenvalue weighted by Crippen LogP contribution is -2.30. The normalized spacial score (nSPS) is 10.3. The highest BCUT2D eigenvalue weighted by Gasteiger charge is 2.10. The van der Waals surface area contributed by atoms with Crippen molar-refractivity contribution in [3.8, 4) is 5.75 Å². The molecule has 0 aliphatic heterocycles. The smallest absolute Gasteiger partial charge is 0.265 e. The maximum Gasteiger partial charge on any atom is 0.265 e. The van der Waals surface area contributed by atoms with Gasteiger partial charge in [-0.05, 0) is 52.3 Å². The van der Waals surface area contributed by atoms with Crippen LogP contribution in [-0.4, -0.2) is 5.91 Å². The standard InChI is InChI=1S/C14H11Br2FN2O2/c15-10-2-4-13(11(16)6-10)21-7-9-5-8(14(20)19-18)1-3-12(9)17/h1-6H,7,18H2,(H,19,20). The fraction of sp³-hybridized carbons (Fsp3) is 0.0714. The third kappa shape index (κ3) is 4.03. The van der Waals surface area contributed by atoms with Crippen molar-refractivity contribution in [1.82, 2.24) is 5.43 Å². The van der Waals surface area contributed by atoms with Gasteiger partial charge in [0.2, 0.25) is 0 Å². The number of carbonyl (C=O) groups excluding carboxylic acids is 1. The summed E-state index contributed by atoms with van der Waals surface area (Å²) in [4.78, 5) is 11.4. The van der Waals surface area contributed by atoms with E-state index in [9.17, 15) is 9.18 Å². The summed E-state index contributed by atoms with van der Waals surface area (Å²) >= 11 is 6.69. The number of nitrogens with two attached hydrogens (primary N) is 1. The van der Waals surface area contributed by atoms with E-state index in [0.29, 0.717) is 5.75 Å². The zero-order valence-electron chi connectivity index (χ0n) is 10.7. The number of ether oxygens (including phenoxy) is 1. The largest absolute Gasteiger partial charge is 0.488 e. The summed E-state index contributed by atoms with van der Waals surface area (Å²) in [6, 6.07) is 9.36. The first-order chi connectivity index (χ1) is 10.0. The monoisotopic (exact) mass is 416 g/mol. The van der Waals surface area contributed by atoms with Gasteiger partial charge in [0.1, 0.15) is 18.2 Å². The number of carbonyl (C=O) groups is 1. The van der Waals surface area contributed by atoms with E-state index in [1.807, 2.05) is 17.6 Å². The summed E-state index contributed by atoms with van der Waals surface area (Å²) < 4.78 is 20.9. The maximum absolute atomic E-state index is 13.7. The molecule has 0 fully saturated rings. The molecule has 0 heterocycles. The van der Waals surface area contributed by atoms with Gasteiger partial charge in [-0.3, -0.25) is 10.2 Å². The van der Waals surface area contributed by atoms with Crippen LogP contribution in [0.3, 0.4) is 0 Å². The highest BCUT2D eigenvalue weighted by atomic mass is 79.9. The number of hydrogen-bond donors (Lipinski definition) is 2. The lowest BCUT2D eigenvalue weighted by atomic mass is 10.1. The number of amides is 1. The van der Waals surface area contributed by atoms with Crippen LogP contribution in [0, 0.1) is 5.82 Å². The SMILES string of the molecule is NNC(=O)c1ccc(F)c(COc2ccc(Br)cc2Br)c1. The van der Waals surface area contributed by atoms with Gasteiger partial charge in [0.25, 0.3) is 5.91 Å². The van der Waals surface area contributed by atoms with Crippen LogP contribution >= 0.6 is 31.9 Å². The Morgan fingerprint density at radius 2 is 2.00 bits per heavy atom. The molecule has 0 aliphatic rings. The highest BCUT2D eigenvalue weighted by Crippen LogP contribution is 2.29. The molecule has 0 saturated carbocycles. The number of benzene rings is 2. The summed E-state index contributed by atoms with van der Waals surface area (Å²) in [6.07, 6.45) is 0. The van der Waals surface area contributed by atoms with Crippen LogP contribution in [0.15, 0.2) is 45.3 Å². The molecule has 0 aromatic heterocycles. The summed E-state index contributed by atoms with van der Waals surface area (Å²) in [5.74, 6) is 4.70. The number of hydrazine groups is 1. The zero-order chi connectivity index (χ0) is 15.4. The summed E-state index contributed by atoms with van der Waals surface area (Å²) in [6.45, 7) is -0.00223. The van der Waals surface area contributed by atoms with Gasteiger partial charge in [-0.1, -0.05) is 15.9 Å². The van der Waals surface area contributed by atoms with E-state index in [1.54, 1.807) is 6.07 Å². The maximum atomic E-state index is 13.7. The zero-order valence-corrected chi connectivity index (χ0v) is 13.9. The van der Waals surface area contributed by atoms with E-state index in [2.05, 4.69) is 31.9 Å². The van der Waals surface area contributed by atoms with Gasteiger partial charge in [0.05, 0.1) is 4.47 Å². The minimum absolute atomic E-state index is 0.00223. The first kappa shape index (κ1) is 15.9. The molecule has 4 nitrogen and oxygen atoms in total. The van der Waals surface area contributed by atoms with Gasteiger partial charge in [-0.2, -0.15) is 0 Å². The van der Waals surface area contributed by atoms with Crippen molar-refractivity contribution in [2.24, 2.45) is 5.84 Å². The van der Waals surface area contributed by atoms with Crippen LogP contribution in [0.5, 0.6) is 5.75 Å². The molecule has 2 aromatic carbocycles. The molecule has 2 rings (SSSR count). The van der Waals surface area contributed by atoms with Crippen molar-refractivity contribution >= 4 is 37.8 Å². The van der Waals surface area contributed by atoms with Crippen molar-refractivity contribution in [2.45, 2.75) is 6.61 Å². The number of nitrogen functional groups attached to an aromatic ring is 1. The topological polar surface area (TPSA) is 64.3 Å². The lowest BCUT2D eigenvalue weighted by molar-refractivity contribution is 0.0953. The third-order valence-electron chi connectivity index (χ3n) is 2.72. The highest BCUT2D eigenvalue weighted by molar-refractivity contribution is 9.11. The van der Waals surface area contributed by atoms with Crippen LogP contribution in [-0.2, 0) is 6.61 Å². The molecule has 0 atom stereocenters. The van der Waals surface area contributed by atoms with Gasteiger partial charge in [0.15, 0.2) is 0 Å². The molecule has 0 radical (unpaired) electrons. The second-order valence-electron chi connectivity index (χ2n) is 4.14. The summed E-state index contributed by atoms with van der Waals surface area (Å²) in [5.41, 5.74) is 2.54. The number of halogens is 3. The Balaban J connectivity index is 2.17. The predicted octanol–water partition coefficient (Wildman–Crippen LogP) is 3.53. The number of hydrogen-bond acceptors (Lipinski definition) is 3. The molecule has 7 heteroatoms. The molecule has 0 aliphatic carbocycles. The Hall–Kier alpha value is -1.44. The van der Waals surface area contributed by atoms with Crippen LogP contribution in [0.25, 0.3) is 0 Å². The van der Waals surface area contributed by atoms with Gasteiger partial charge in [-0.15, -0.1) is 0 Å². The minimum atomic E-state index is -0.485. The van der Waals surface area contributed by atoms with E-state index < -0.39 is 11.7 Å². The molecule has 0 bridgehead atoms. The van der Waals surface area contributed by atoms with Crippen molar-refractivity contribution in [3.63, 3.8) is 0 Å². The van der Waals surface area contributed by atoms with E-state index in [0.717, 1.165) is 8.95 Å². The summed E-state index contributed by atoms with van der Waals surface area (Å²) in [7, 11) is 0.